The van der Waals surface area contributed by atoms with E-state index >= 15 is 0 Å². The maximum Gasteiger partial charge on any atom is 0.326 e. The first-order chi connectivity index (χ1) is 16.8. The molecule has 8 nitrogen and oxygen atoms in total. The van der Waals surface area contributed by atoms with Crippen LogP contribution in [0.15, 0.2) is 48.7 Å². The first-order valence-corrected chi connectivity index (χ1v) is 12.4. The van der Waals surface area contributed by atoms with E-state index in [1.807, 2.05) is 49.4 Å². The van der Waals surface area contributed by atoms with Gasteiger partial charge in [0.05, 0.1) is 0 Å². The molecule has 2 atom stereocenters. The van der Waals surface area contributed by atoms with E-state index in [9.17, 15) is 19.5 Å². The third-order valence-corrected chi connectivity index (χ3v) is 7.24. The molecule has 1 aliphatic heterocycles. The molecular formula is C27H34N4O4. The maximum atomic E-state index is 12.8. The predicted octanol–water partition coefficient (Wildman–Crippen LogP) is 3.63. The number of hydrogen-bond donors (Lipinski definition) is 3. The summed E-state index contributed by atoms with van der Waals surface area (Å²) in [5.41, 5.74) is 1.11. The van der Waals surface area contributed by atoms with Crippen molar-refractivity contribution in [1.82, 2.24) is 10.3 Å². The summed E-state index contributed by atoms with van der Waals surface area (Å²) in [5.74, 6) is -0.173. The van der Waals surface area contributed by atoms with Crippen LogP contribution in [0.3, 0.4) is 0 Å². The number of nitrogens with zero attached hydrogens (tertiary/aromatic N) is 2. The third kappa shape index (κ3) is 6.18. The molecule has 1 saturated carbocycles. The molecule has 1 aliphatic carbocycles. The van der Waals surface area contributed by atoms with Gasteiger partial charge in [0.1, 0.15) is 11.9 Å². The van der Waals surface area contributed by atoms with Crippen molar-refractivity contribution in [3.8, 4) is 0 Å². The number of carbonyl (C=O) groups is 3. The second-order valence-electron chi connectivity index (χ2n) is 10.0. The molecule has 2 aliphatic rings. The average molecular weight is 479 g/mol. The standard InChI is InChI=1S/C27H34N4O4/c1-27(12-4-2-5-13-27)26(35)30-22(25(33)34)15-19-8-10-21(11-9-19)31-18-20(16-24(31)32)17-29-23-7-3-6-14-28-23/h3,6-11,14,20,22H,2,4-5,12-13,15-18H2,1H3,(H,28,29)(H,30,35)(H,33,34). The van der Waals surface area contributed by atoms with Gasteiger partial charge in [-0.2, -0.15) is 0 Å². The number of amides is 2. The fourth-order valence-electron chi connectivity index (χ4n) is 5.02. The van der Waals surface area contributed by atoms with Gasteiger partial charge in [-0.15, -0.1) is 0 Å². The van der Waals surface area contributed by atoms with Crippen LogP contribution in [0.4, 0.5) is 11.5 Å². The number of aromatic nitrogens is 1. The Balaban J connectivity index is 1.33. The topological polar surface area (TPSA) is 112 Å². The second kappa shape index (κ2) is 10.9. The Morgan fingerprint density at radius 2 is 1.89 bits per heavy atom. The summed E-state index contributed by atoms with van der Waals surface area (Å²) in [6.07, 6.45) is 7.10. The Morgan fingerprint density at radius 3 is 2.54 bits per heavy atom. The molecule has 1 aromatic carbocycles. The van der Waals surface area contributed by atoms with E-state index in [2.05, 4.69) is 15.6 Å². The molecule has 2 amide bonds. The van der Waals surface area contributed by atoms with Crippen LogP contribution < -0.4 is 15.5 Å². The van der Waals surface area contributed by atoms with Crippen LogP contribution in [-0.2, 0) is 20.8 Å². The zero-order chi connectivity index (χ0) is 24.8. The average Bonchev–Trinajstić information content (AvgIpc) is 3.24. The monoisotopic (exact) mass is 478 g/mol. The summed E-state index contributed by atoms with van der Waals surface area (Å²) >= 11 is 0. The van der Waals surface area contributed by atoms with Gasteiger partial charge in [-0.05, 0) is 42.7 Å². The molecular weight excluding hydrogens is 444 g/mol. The highest BCUT2D eigenvalue weighted by molar-refractivity contribution is 5.95. The minimum Gasteiger partial charge on any atom is -0.480 e. The van der Waals surface area contributed by atoms with Gasteiger partial charge >= 0.3 is 5.97 Å². The van der Waals surface area contributed by atoms with Crippen LogP contribution in [0.25, 0.3) is 0 Å². The van der Waals surface area contributed by atoms with Gasteiger partial charge in [-0.1, -0.05) is 44.4 Å². The van der Waals surface area contributed by atoms with Crippen molar-refractivity contribution in [1.29, 1.82) is 0 Å². The van der Waals surface area contributed by atoms with Crippen LogP contribution in [0, 0.1) is 11.3 Å². The second-order valence-corrected chi connectivity index (χ2v) is 10.0. The molecule has 8 heteroatoms. The Labute approximate surface area is 206 Å². The Bertz CT molecular complexity index is 1030. The van der Waals surface area contributed by atoms with E-state index < -0.39 is 17.4 Å². The van der Waals surface area contributed by atoms with E-state index in [1.165, 1.54) is 0 Å². The lowest BCUT2D eigenvalue weighted by molar-refractivity contribution is -0.144. The molecule has 2 fully saturated rings. The highest BCUT2D eigenvalue weighted by Gasteiger charge is 2.36. The number of benzene rings is 1. The van der Waals surface area contributed by atoms with Crippen molar-refractivity contribution < 1.29 is 19.5 Å². The lowest BCUT2D eigenvalue weighted by atomic mass is 9.75. The van der Waals surface area contributed by atoms with Crippen LogP contribution in [0.2, 0.25) is 0 Å². The van der Waals surface area contributed by atoms with E-state index in [1.54, 1.807) is 11.1 Å². The fraction of sp³-hybridized carbons (Fsp3) is 0.481. The van der Waals surface area contributed by atoms with Gasteiger partial charge in [0.15, 0.2) is 0 Å². The fourth-order valence-corrected chi connectivity index (χ4v) is 5.02. The third-order valence-electron chi connectivity index (χ3n) is 7.24. The molecule has 35 heavy (non-hydrogen) atoms. The van der Waals surface area contributed by atoms with E-state index in [0.717, 1.165) is 49.2 Å². The van der Waals surface area contributed by atoms with E-state index in [4.69, 9.17) is 0 Å². The highest BCUT2D eigenvalue weighted by atomic mass is 16.4. The number of rotatable bonds is 9. The quantitative estimate of drug-likeness (QED) is 0.508. The first-order valence-electron chi connectivity index (χ1n) is 12.4. The Morgan fingerprint density at radius 1 is 1.14 bits per heavy atom. The smallest absolute Gasteiger partial charge is 0.326 e. The molecule has 0 bridgehead atoms. The summed E-state index contributed by atoms with van der Waals surface area (Å²) in [5, 5.41) is 15.8. The molecule has 0 radical (unpaired) electrons. The van der Waals surface area contributed by atoms with E-state index in [-0.39, 0.29) is 24.2 Å². The number of carboxylic acid groups (broad SMARTS) is 1. The minimum atomic E-state index is -1.04. The Kier molecular flexibility index (Phi) is 7.68. The zero-order valence-electron chi connectivity index (χ0n) is 20.2. The molecule has 3 N–H and O–H groups in total. The molecule has 4 rings (SSSR count). The molecule has 0 spiro atoms. The first kappa shape index (κ1) is 24.7. The van der Waals surface area contributed by atoms with Crippen LogP contribution >= 0.6 is 0 Å². The molecule has 186 valence electrons. The normalized spacial score (nSPS) is 20.3. The van der Waals surface area contributed by atoms with Crippen molar-refractivity contribution in [3.63, 3.8) is 0 Å². The number of pyridine rings is 1. The summed E-state index contributed by atoms with van der Waals surface area (Å²) in [6, 6.07) is 12.1. The largest absolute Gasteiger partial charge is 0.480 e. The van der Waals surface area contributed by atoms with Gasteiger partial charge in [-0.3, -0.25) is 9.59 Å². The summed E-state index contributed by atoms with van der Waals surface area (Å²) in [6.45, 7) is 3.21. The molecule has 1 aromatic heterocycles. The van der Waals surface area contributed by atoms with Crippen molar-refractivity contribution >= 4 is 29.3 Å². The van der Waals surface area contributed by atoms with Crippen LogP contribution in [0.5, 0.6) is 0 Å². The van der Waals surface area contributed by atoms with Crippen LogP contribution in [0.1, 0.15) is 51.0 Å². The number of hydrogen-bond acceptors (Lipinski definition) is 5. The lowest BCUT2D eigenvalue weighted by Gasteiger charge is -2.33. The zero-order valence-corrected chi connectivity index (χ0v) is 20.2. The molecule has 2 heterocycles. The van der Waals surface area contributed by atoms with Crippen molar-refractivity contribution in [2.75, 3.05) is 23.3 Å². The minimum absolute atomic E-state index is 0.0713. The van der Waals surface area contributed by atoms with Crippen molar-refractivity contribution in [2.45, 2.75) is 57.9 Å². The van der Waals surface area contributed by atoms with Crippen molar-refractivity contribution in [3.05, 3.63) is 54.2 Å². The van der Waals surface area contributed by atoms with E-state index in [0.29, 0.717) is 19.5 Å². The van der Waals surface area contributed by atoms with Gasteiger partial charge < -0.3 is 20.6 Å². The number of anilines is 2. The number of carbonyl (C=O) groups excluding carboxylic acids is 2. The predicted molar refractivity (Wildman–Crippen MR) is 134 cm³/mol. The van der Waals surface area contributed by atoms with Gasteiger partial charge in [0, 0.05) is 49.1 Å². The van der Waals surface area contributed by atoms with Crippen LogP contribution in [-0.4, -0.2) is 47.0 Å². The van der Waals surface area contributed by atoms with Crippen molar-refractivity contribution in [2.24, 2.45) is 11.3 Å². The highest BCUT2D eigenvalue weighted by Crippen LogP contribution is 2.36. The van der Waals surface area contributed by atoms with Gasteiger partial charge in [-0.25, -0.2) is 9.78 Å². The molecule has 2 aromatic rings. The van der Waals surface area contributed by atoms with Gasteiger partial charge in [0.2, 0.25) is 11.8 Å². The SMILES string of the molecule is CC1(C(=O)NC(Cc2ccc(N3CC(CNc4ccccn4)CC3=O)cc2)C(=O)O)CCCCC1. The summed E-state index contributed by atoms with van der Waals surface area (Å²) in [4.78, 5) is 43.3. The van der Waals surface area contributed by atoms with Gasteiger partial charge in [0.25, 0.3) is 0 Å². The number of aliphatic carboxylic acids is 1. The maximum absolute atomic E-state index is 12.8. The Hall–Kier alpha value is -3.42. The lowest BCUT2D eigenvalue weighted by Crippen LogP contribution is -2.49. The molecule has 1 saturated heterocycles. The number of nitrogens with one attached hydrogen (secondary N) is 2. The summed E-state index contributed by atoms with van der Waals surface area (Å²) in [7, 11) is 0. The summed E-state index contributed by atoms with van der Waals surface area (Å²) < 4.78 is 0. The molecule has 2 unspecified atom stereocenters. The number of carboxylic acids is 1.